The Morgan fingerprint density at radius 3 is 2.14 bits per heavy atom. The Hall–Kier alpha value is -4.47. The summed E-state index contributed by atoms with van der Waals surface area (Å²) >= 11 is 0. The Bertz CT molecular complexity index is 1820. The Labute approximate surface area is 394 Å². The minimum Gasteiger partial charge on any atom is -0.379 e. The minimum absolute atomic E-state index is 0.0133. The third-order valence-electron chi connectivity index (χ3n) is 14.8. The number of imide groups is 1. The van der Waals surface area contributed by atoms with Crippen LogP contribution in [0.3, 0.4) is 0 Å². The maximum Gasteiger partial charge on any atom is 0.253 e. The number of amides is 6. The summed E-state index contributed by atoms with van der Waals surface area (Å²) in [5.74, 6) is -2.79. The van der Waals surface area contributed by atoms with Crippen LogP contribution in [0, 0.1) is 23.7 Å². The van der Waals surface area contributed by atoms with Crippen LogP contribution < -0.4 is 10.6 Å². The van der Waals surface area contributed by atoms with Gasteiger partial charge in [-0.1, -0.05) is 84.2 Å². The molecular weight excluding hydrogens is 841 g/mol. The zero-order valence-electron chi connectivity index (χ0n) is 41.5. The first-order valence-corrected chi connectivity index (χ1v) is 24.4. The number of benzene rings is 1. The van der Waals surface area contributed by atoms with Gasteiger partial charge in [0.1, 0.15) is 6.04 Å². The molecule has 4 rings (SSSR count). The van der Waals surface area contributed by atoms with Gasteiger partial charge in [0, 0.05) is 71.8 Å². The van der Waals surface area contributed by atoms with Gasteiger partial charge >= 0.3 is 0 Å². The largest absolute Gasteiger partial charge is 0.379 e. The van der Waals surface area contributed by atoms with Gasteiger partial charge in [-0.3, -0.25) is 43.4 Å². The van der Waals surface area contributed by atoms with Crippen LogP contribution in [0.2, 0.25) is 0 Å². The van der Waals surface area contributed by atoms with E-state index in [1.165, 1.54) is 17.1 Å². The van der Waals surface area contributed by atoms with Crippen LogP contribution >= 0.6 is 0 Å². The third-order valence-corrected chi connectivity index (χ3v) is 14.8. The van der Waals surface area contributed by atoms with Gasteiger partial charge in [0.15, 0.2) is 5.78 Å². The van der Waals surface area contributed by atoms with Crippen LogP contribution in [0.1, 0.15) is 118 Å². The van der Waals surface area contributed by atoms with Crippen molar-refractivity contribution in [2.45, 2.75) is 154 Å². The highest BCUT2D eigenvalue weighted by Gasteiger charge is 2.45. The SMILES string of the molecule is CC[C@H](C)[C@@H]([C@@H](CC(=O)N1CCC[C@H]1[C@H](OC)[C@@H](C)C(=O)N[C@@H](Cc1ccccc1)C(=O)NCCCCCCN1C(=O)C=CC1=O)OC)N(C)C(=O)[C@@H](CC(=O)[C@]1(C)CCCN1C)C(C)C. The van der Waals surface area contributed by atoms with E-state index in [1.807, 2.05) is 58.2 Å². The van der Waals surface area contributed by atoms with Gasteiger partial charge in [-0.2, -0.15) is 0 Å². The van der Waals surface area contributed by atoms with Crippen LogP contribution in [-0.2, 0) is 49.5 Å². The number of hydrogen-bond donors (Lipinski definition) is 2. The van der Waals surface area contributed by atoms with Crippen molar-refractivity contribution in [3.8, 4) is 0 Å². The standard InChI is InChI=1S/C51H80N6O9/c1-11-35(4)46(55(8)50(64)38(34(2)3)32-42(58)51(6)26-20-28-54(51)7)41(65-9)33-45(61)56-30-19-23-40(56)47(66-10)36(5)48(62)53-39(31-37-21-15-14-16-22-37)49(63)52-27-17-12-13-18-29-57-43(59)24-25-44(57)60/h14-16,21-22,24-25,34-36,38-41,46-47H,11-13,17-20,23,26-33H2,1-10H3,(H,52,63)(H,53,62)/t35-,36+,38-,39-,40-,41+,46-,47+,51-/m0/s1. The molecule has 15 nitrogen and oxygen atoms in total. The Kier molecular flexibility index (Phi) is 21.0. The fraction of sp³-hybridized carbons (Fsp3) is 0.706. The van der Waals surface area contributed by atoms with Gasteiger partial charge in [-0.15, -0.1) is 0 Å². The number of carbonyl (C=O) groups is 7. The molecule has 0 saturated carbocycles. The summed E-state index contributed by atoms with van der Waals surface area (Å²) in [7, 11) is 6.86. The normalized spacial score (nSPS) is 22.0. The second kappa shape index (κ2) is 25.6. The molecule has 6 amide bonds. The molecule has 0 unspecified atom stereocenters. The van der Waals surface area contributed by atoms with Crippen molar-refractivity contribution in [2.75, 3.05) is 54.5 Å². The average Bonchev–Trinajstić information content (AvgIpc) is 4.02. The number of nitrogens with one attached hydrogen (secondary N) is 2. The minimum atomic E-state index is -0.860. The van der Waals surface area contributed by atoms with Crippen LogP contribution in [0.4, 0.5) is 0 Å². The third kappa shape index (κ3) is 13.8. The van der Waals surface area contributed by atoms with Gasteiger partial charge in [-0.25, -0.2) is 0 Å². The van der Waals surface area contributed by atoms with Crippen LogP contribution in [0.15, 0.2) is 42.5 Å². The molecule has 3 heterocycles. The summed E-state index contributed by atoms with van der Waals surface area (Å²) in [6, 6.07) is 7.78. The number of likely N-dealkylation sites (tertiary alicyclic amines) is 2. The van der Waals surface area contributed by atoms with Gasteiger partial charge < -0.3 is 29.9 Å². The number of carbonyl (C=O) groups excluding carboxylic acids is 7. The molecule has 0 aliphatic carbocycles. The number of ether oxygens (including phenoxy) is 2. The zero-order chi connectivity index (χ0) is 48.7. The predicted molar refractivity (Wildman–Crippen MR) is 254 cm³/mol. The predicted octanol–water partition coefficient (Wildman–Crippen LogP) is 4.95. The van der Waals surface area contributed by atoms with E-state index in [0.29, 0.717) is 38.9 Å². The lowest BCUT2D eigenvalue weighted by molar-refractivity contribution is -0.149. The summed E-state index contributed by atoms with van der Waals surface area (Å²) < 4.78 is 12.1. The highest BCUT2D eigenvalue weighted by molar-refractivity contribution is 6.12. The molecule has 2 saturated heterocycles. The van der Waals surface area contributed by atoms with Gasteiger partial charge in [0.05, 0.1) is 42.2 Å². The summed E-state index contributed by atoms with van der Waals surface area (Å²) in [5, 5.41) is 5.99. The second-order valence-corrected chi connectivity index (χ2v) is 19.5. The molecule has 0 spiro atoms. The first-order valence-electron chi connectivity index (χ1n) is 24.4. The quantitative estimate of drug-likeness (QED) is 0.0908. The molecular formula is C51H80N6O9. The van der Waals surface area contributed by atoms with E-state index in [4.69, 9.17) is 9.47 Å². The topological polar surface area (TPSA) is 175 Å². The van der Waals surface area contributed by atoms with Gasteiger partial charge in [0.2, 0.25) is 23.6 Å². The number of rotatable bonds is 27. The molecule has 1 aromatic carbocycles. The van der Waals surface area contributed by atoms with E-state index in [-0.39, 0.29) is 72.3 Å². The number of nitrogens with zero attached hydrogens (tertiary/aromatic N) is 4. The molecule has 15 heteroatoms. The molecule has 2 fully saturated rings. The summed E-state index contributed by atoms with van der Waals surface area (Å²) in [6.45, 7) is 13.9. The molecule has 1 aromatic rings. The van der Waals surface area contributed by atoms with Crippen molar-refractivity contribution in [3.05, 3.63) is 48.0 Å². The van der Waals surface area contributed by atoms with Crippen molar-refractivity contribution in [3.63, 3.8) is 0 Å². The maximum absolute atomic E-state index is 14.4. The highest BCUT2D eigenvalue weighted by Crippen LogP contribution is 2.34. The monoisotopic (exact) mass is 921 g/mol. The van der Waals surface area contributed by atoms with E-state index in [2.05, 4.69) is 29.4 Å². The number of methoxy groups -OCH3 is 2. The lowest BCUT2D eigenvalue weighted by Crippen LogP contribution is -2.55. The van der Waals surface area contributed by atoms with E-state index in [9.17, 15) is 33.6 Å². The zero-order valence-corrected chi connectivity index (χ0v) is 41.5. The Balaban J connectivity index is 1.40. The summed E-state index contributed by atoms with van der Waals surface area (Å²) in [6.07, 6.45) is 8.45. The maximum atomic E-state index is 14.4. The molecule has 0 radical (unpaired) electrons. The van der Waals surface area contributed by atoms with Crippen molar-refractivity contribution in [1.82, 2.24) is 30.2 Å². The van der Waals surface area contributed by atoms with Crippen molar-refractivity contribution in [1.29, 1.82) is 0 Å². The second-order valence-electron chi connectivity index (χ2n) is 19.5. The van der Waals surface area contributed by atoms with Gasteiger partial charge in [0.25, 0.3) is 11.8 Å². The number of likely N-dealkylation sites (N-methyl/N-ethyl adjacent to an activating group) is 2. The van der Waals surface area contributed by atoms with E-state index in [1.54, 1.807) is 38.0 Å². The lowest BCUT2D eigenvalue weighted by atomic mass is 9.81. The van der Waals surface area contributed by atoms with E-state index >= 15 is 0 Å². The van der Waals surface area contributed by atoms with Crippen molar-refractivity contribution >= 4 is 41.2 Å². The fourth-order valence-corrected chi connectivity index (χ4v) is 10.1. The molecule has 3 aliphatic rings. The molecule has 3 aliphatic heterocycles. The smallest absolute Gasteiger partial charge is 0.253 e. The van der Waals surface area contributed by atoms with E-state index in [0.717, 1.165) is 50.6 Å². The highest BCUT2D eigenvalue weighted by atomic mass is 16.5. The first kappa shape index (κ1) is 54.1. The fourth-order valence-electron chi connectivity index (χ4n) is 10.1. The molecule has 368 valence electrons. The Morgan fingerprint density at radius 1 is 0.879 bits per heavy atom. The first-order chi connectivity index (χ1) is 31.4. The van der Waals surface area contributed by atoms with Crippen LogP contribution in [0.25, 0.3) is 0 Å². The van der Waals surface area contributed by atoms with Crippen molar-refractivity contribution < 1.29 is 43.0 Å². The van der Waals surface area contributed by atoms with Crippen molar-refractivity contribution in [2.24, 2.45) is 23.7 Å². The molecule has 9 atom stereocenters. The average molecular weight is 921 g/mol. The Morgan fingerprint density at radius 2 is 1.55 bits per heavy atom. The molecule has 0 bridgehead atoms. The number of ketones is 1. The van der Waals surface area contributed by atoms with Crippen LogP contribution in [-0.4, -0.2) is 151 Å². The summed E-state index contributed by atoms with van der Waals surface area (Å²) in [5.41, 5.74) is 0.299. The van der Waals surface area contributed by atoms with Gasteiger partial charge in [-0.05, 0) is 76.4 Å². The summed E-state index contributed by atoms with van der Waals surface area (Å²) in [4.78, 5) is 101. The molecule has 2 N–H and O–H groups in total. The lowest BCUT2D eigenvalue weighted by Gasteiger charge is -2.41. The number of hydrogen-bond acceptors (Lipinski definition) is 10. The number of unbranched alkanes of at least 4 members (excludes halogenated alkanes) is 3. The molecule has 0 aromatic heterocycles. The van der Waals surface area contributed by atoms with Crippen LogP contribution in [0.5, 0.6) is 0 Å². The molecule has 66 heavy (non-hydrogen) atoms. The number of Topliss-reactive ketones (excluding diaryl/α,β-unsaturated/α-hetero) is 1. The van der Waals surface area contributed by atoms with E-state index < -0.39 is 47.7 Å².